The third-order valence-electron chi connectivity index (χ3n) is 3.65. The van der Waals surface area contributed by atoms with Crippen LogP contribution in [0.4, 0.5) is 5.95 Å². The summed E-state index contributed by atoms with van der Waals surface area (Å²) in [5, 5.41) is 11.1. The van der Waals surface area contributed by atoms with Crippen molar-refractivity contribution in [2.24, 2.45) is 0 Å². The fourth-order valence-corrected chi connectivity index (χ4v) is 3.39. The van der Waals surface area contributed by atoms with Crippen LogP contribution in [0.5, 0.6) is 0 Å². The Morgan fingerprint density at radius 3 is 2.81 bits per heavy atom. The molecule has 0 radical (unpaired) electrons. The van der Waals surface area contributed by atoms with E-state index in [1.165, 1.54) is 16.2 Å². The first kappa shape index (κ1) is 14.3. The monoisotopic (exact) mass is 304 g/mol. The molecule has 0 aromatic carbocycles. The van der Waals surface area contributed by atoms with Crippen LogP contribution < -0.4 is 5.32 Å². The lowest BCUT2D eigenvalue weighted by Crippen LogP contribution is -2.18. The highest BCUT2D eigenvalue weighted by molar-refractivity contribution is 7.14. The summed E-state index contributed by atoms with van der Waals surface area (Å²) >= 11 is 1.54. The quantitative estimate of drug-likeness (QED) is 0.926. The van der Waals surface area contributed by atoms with Crippen LogP contribution in [-0.4, -0.2) is 20.7 Å². The molecule has 1 amide bonds. The second-order valence-electron chi connectivity index (χ2n) is 6.42. The Labute approximate surface area is 128 Å². The standard InChI is InChI=1S/C15H20N4OS/c1-15(2,3)11-8-7-10(21-11)13(20)16-14-18-17-12-6-4-5-9-19(12)14/h7-8H,4-6,9H2,1-3H3,(H,16,18,20). The molecule has 112 valence electrons. The van der Waals surface area contributed by atoms with Gasteiger partial charge in [-0.05, 0) is 30.4 Å². The van der Waals surface area contributed by atoms with Gasteiger partial charge < -0.3 is 0 Å². The second-order valence-corrected chi connectivity index (χ2v) is 7.50. The van der Waals surface area contributed by atoms with Crippen LogP contribution in [0.3, 0.4) is 0 Å². The second kappa shape index (κ2) is 5.26. The molecule has 0 saturated heterocycles. The van der Waals surface area contributed by atoms with E-state index in [-0.39, 0.29) is 11.3 Å². The van der Waals surface area contributed by atoms with E-state index in [0.717, 1.165) is 31.6 Å². The first-order chi connectivity index (χ1) is 9.95. The molecule has 1 aliphatic heterocycles. The minimum Gasteiger partial charge on any atom is -0.297 e. The number of hydrogen-bond acceptors (Lipinski definition) is 4. The van der Waals surface area contributed by atoms with Crippen LogP contribution >= 0.6 is 11.3 Å². The van der Waals surface area contributed by atoms with Gasteiger partial charge in [-0.2, -0.15) is 0 Å². The van der Waals surface area contributed by atoms with E-state index in [1.807, 2.05) is 16.7 Å². The number of carbonyl (C=O) groups is 1. The van der Waals surface area contributed by atoms with Crippen molar-refractivity contribution in [1.82, 2.24) is 14.8 Å². The van der Waals surface area contributed by atoms with E-state index in [1.54, 1.807) is 0 Å². The number of rotatable bonds is 2. The molecule has 3 rings (SSSR count). The summed E-state index contributed by atoms with van der Waals surface area (Å²) in [6.45, 7) is 7.33. The Morgan fingerprint density at radius 2 is 2.10 bits per heavy atom. The third kappa shape index (κ3) is 2.85. The van der Waals surface area contributed by atoms with Crippen LogP contribution in [0.25, 0.3) is 0 Å². The zero-order valence-electron chi connectivity index (χ0n) is 12.6. The highest BCUT2D eigenvalue weighted by Gasteiger charge is 2.21. The maximum Gasteiger partial charge on any atom is 0.268 e. The Hall–Kier alpha value is -1.69. The number of nitrogens with zero attached hydrogens (tertiary/aromatic N) is 3. The Balaban J connectivity index is 1.77. The van der Waals surface area contributed by atoms with Gasteiger partial charge >= 0.3 is 0 Å². The molecule has 0 bridgehead atoms. The third-order valence-corrected chi connectivity index (χ3v) is 5.16. The molecule has 3 heterocycles. The molecule has 21 heavy (non-hydrogen) atoms. The van der Waals surface area contributed by atoms with Crippen LogP contribution in [0.1, 0.15) is 54.0 Å². The molecule has 5 nitrogen and oxygen atoms in total. The minimum atomic E-state index is -0.101. The Bertz CT molecular complexity index is 666. The van der Waals surface area contributed by atoms with Crippen LogP contribution in [0.2, 0.25) is 0 Å². The molecule has 1 N–H and O–H groups in total. The fourth-order valence-electron chi connectivity index (χ4n) is 2.43. The smallest absolute Gasteiger partial charge is 0.268 e. The zero-order valence-corrected chi connectivity index (χ0v) is 13.5. The summed E-state index contributed by atoms with van der Waals surface area (Å²) in [6.07, 6.45) is 3.20. The number of aryl methyl sites for hydroxylation is 1. The lowest BCUT2D eigenvalue weighted by atomic mass is 9.95. The van der Waals surface area contributed by atoms with Gasteiger partial charge in [-0.25, -0.2) is 0 Å². The van der Waals surface area contributed by atoms with Crippen molar-refractivity contribution in [3.63, 3.8) is 0 Å². The average molecular weight is 304 g/mol. The summed E-state index contributed by atoms with van der Waals surface area (Å²) in [5.74, 6) is 1.44. The molecule has 2 aromatic rings. The van der Waals surface area contributed by atoms with E-state index in [4.69, 9.17) is 0 Å². The molecule has 0 atom stereocenters. The van der Waals surface area contributed by atoms with E-state index in [9.17, 15) is 4.79 Å². The molecular weight excluding hydrogens is 284 g/mol. The highest BCUT2D eigenvalue weighted by atomic mass is 32.1. The SMILES string of the molecule is CC(C)(C)c1ccc(C(=O)Nc2nnc3n2CCCC3)s1. The van der Waals surface area contributed by atoms with Crippen LogP contribution in [0, 0.1) is 0 Å². The number of carbonyl (C=O) groups excluding carboxylic acids is 1. The maximum atomic E-state index is 12.4. The number of hydrogen-bond donors (Lipinski definition) is 1. The van der Waals surface area contributed by atoms with Gasteiger partial charge in [0, 0.05) is 17.8 Å². The first-order valence-corrected chi connectivity index (χ1v) is 8.10. The van der Waals surface area contributed by atoms with Crippen molar-refractivity contribution < 1.29 is 4.79 Å². The van der Waals surface area contributed by atoms with Gasteiger partial charge in [0.25, 0.3) is 5.91 Å². The summed E-state index contributed by atoms with van der Waals surface area (Å²) in [5.41, 5.74) is 0.0667. The van der Waals surface area contributed by atoms with Crippen molar-refractivity contribution in [2.75, 3.05) is 5.32 Å². The summed E-state index contributed by atoms with van der Waals surface area (Å²) < 4.78 is 2.01. The normalized spacial score (nSPS) is 14.8. The molecule has 0 aliphatic carbocycles. The number of fused-ring (bicyclic) bond motifs is 1. The van der Waals surface area contributed by atoms with Gasteiger partial charge in [-0.1, -0.05) is 20.8 Å². The maximum absolute atomic E-state index is 12.4. The molecule has 1 aliphatic rings. The van der Waals surface area contributed by atoms with Crippen molar-refractivity contribution in [1.29, 1.82) is 0 Å². The topological polar surface area (TPSA) is 59.8 Å². The lowest BCUT2D eigenvalue weighted by Gasteiger charge is -2.15. The van der Waals surface area contributed by atoms with Crippen molar-refractivity contribution in [3.8, 4) is 0 Å². The molecule has 0 unspecified atom stereocenters. The minimum absolute atomic E-state index is 0.0667. The van der Waals surface area contributed by atoms with Gasteiger partial charge in [-0.3, -0.25) is 14.7 Å². The number of thiophene rings is 1. The van der Waals surface area contributed by atoms with Crippen LogP contribution in [-0.2, 0) is 18.4 Å². The zero-order chi connectivity index (χ0) is 15.0. The van der Waals surface area contributed by atoms with E-state index < -0.39 is 0 Å². The Morgan fingerprint density at radius 1 is 1.29 bits per heavy atom. The van der Waals surface area contributed by atoms with Gasteiger partial charge in [0.05, 0.1) is 4.88 Å². The number of anilines is 1. The molecule has 2 aromatic heterocycles. The molecule has 0 fully saturated rings. The predicted octanol–water partition coefficient (Wildman–Crippen LogP) is 3.23. The van der Waals surface area contributed by atoms with Gasteiger partial charge in [0.2, 0.25) is 5.95 Å². The first-order valence-electron chi connectivity index (χ1n) is 7.29. The van der Waals surface area contributed by atoms with E-state index in [0.29, 0.717) is 10.8 Å². The largest absolute Gasteiger partial charge is 0.297 e. The van der Waals surface area contributed by atoms with E-state index >= 15 is 0 Å². The molecule has 0 spiro atoms. The lowest BCUT2D eigenvalue weighted by molar-refractivity contribution is 0.102. The van der Waals surface area contributed by atoms with Gasteiger partial charge in [0.15, 0.2) is 0 Å². The number of amides is 1. The summed E-state index contributed by atoms with van der Waals surface area (Å²) in [7, 11) is 0. The molecular formula is C15H20N4OS. The van der Waals surface area contributed by atoms with Crippen molar-refractivity contribution in [2.45, 2.75) is 52.0 Å². The highest BCUT2D eigenvalue weighted by Crippen LogP contribution is 2.29. The Kier molecular flexibility index (Phi) is 3.57. The van der Waals surface area contributed by atoms with Gasteiger partial charge in [0.1, 0.15) is 5.82 Å². The fraction of sp³-hybridized carbons (Fsp3) is 0.533. The summed E-state index contributed by atoms with van der Waals surface area (Å²) in [4.78, 5) is 14.3. The summed E-state index contributed by atoms with van der Waals surface area (Å²) in [6, 6.07) is 3.91. The molecule has 6 heteroatoms. The predicted molar refractivity (Wildman–Crippen MR) is 83.9 cm³/mol. The van der Waals surface area contributed by atoms with Gasteiger partial charge in [-0.15, -0.1) is 21.5 Å². The van der Waals surface area contributed by atoms with Crippen molar-refractivity contribution >= 4 is 23.2 Å². The number of nitrogens with one attached hydrogen (secondary N) is 1. The number of aromatic nitrogens is 3. The average Bonchev–Trinajstić information content (AvgIpc) is 3.05. The molecule has 0 saturated carbocycles. The van der Waals surface area contributed by atoms with Crippen LogP contribution in [0.15, 0.2) is 12.1 Å². The van der Waals surface area contributed by atoms with Crippen molar-refractivity contribution in [3.05, 3.63) is 27.7 Å². The van der Waals surface area contributed by atoms with E-state index in [2.05, 4.69) is 36.3 Å².